The Morgan fingerprint density at radius 3 is 2.46 bits per heavy atom. The predicted octanol–water partition coefficient (Wildman–Crippen LogP) is 1.64. The first-order valence-electron chi connectivity index (χ1n) is 9.04. The van der Waals surface area contributed by atoms with Crippen LogP contribution in [-0.4, -0.2) is 65.8 Å². The van der Waals surface area contributed by atoms with E-state index in [0.717, 1.165) is 51.9 Å². The van der Waals surface area contributed by atoms with Crippen LogP contribution in [0.2, 0.25) is 0 Å². The number of nitrogens with one attached hydrogen (secondary N) is 1. The Morgan fingerprint density at radius 1 is 1.21 bits per heavy atom. The molecule has 2 unspecified atom stereocenters. The van der Waals surface area contributed by atoms with E-state index in [9.17, 15) is 4.79 Å². The van der Waals surface area contributed by atoms with E-state index < -0.39 is 0 Å². The van der Waals surface area contributed by atoms with Crippen molar-refractivity contribution in [3.05, 3.63) is 18.5 Å². The van der Waals surface area contributed by atoms with E-state index in [1.165, 1.54) is 0 Å². The van der Waals surface area contributed by atoms with Crippen LogP contribution in [0.5, 0.6) is 0 Å². The van der Waals surface area contributed by atoms with Crippen LogP contribution in [0.1, 0.15) is 32.1 Å². The van der Waals surface area contributed by atoms with Gasteiger partial charge in [-0.15, -0.1) is 0 Å². The van der Waals surface area contributed by atoms with Gasteiger partial charge in [0.15, 0.2) is 0 Å². The highest BCUT2D eigenvalue weighted by atomic mass is 16.5. The highest BCUT2D eigenvalue weighted by molar-refractivity contribution is 5.74. The highest BCUT2D eigenvalue weighted by Gasteiger charge is 2.26. The maximum atomic E-state index is 12.6. The molecular weight excluding hydrogens is 308 g/mol. The molecule has 2 saturated heterocycles. The molecule has 2 amide bonds. The molecule has 2 aliphatic rings. The molecule has 2 fully saturated rings. The summed E-state index contributed by atoms with van der Waals surface area (Å²) in [7, 11) is 0. The van der Waals surface area contributed by atoms with Gasteiger partial charge in [-0.25, -0.2) is 4.79 Å². The lowest BCUT2D eigenvalue weighted by atomic mass is 10.2. The van der Waals surface area contributed by atoms with E-state index in [-0.39, 0.29) is 18.2 Å². The average Bonchev–Trinajstić information content (AvgIpc) is 3.33. The molecular formula is C17H28N4O3. The molecule has 1 aromatic heterocycles. The average molecular weight is 336 g/mol. The van der Waals surface area contributed by atoms with E-state index in [4.69, 9.17) is 9.47 Å². The third-order valence-corrected chi connectivity index (χ3v) is 4.58. The molecule has 2 atom stereocenters. The molecule has 2 aliphatic heterocycles. The van der Waals surface area contributed by atoms with Crippen LogP contribution in [0.25, 0.3) is 0 Å². The van der Waals surface area contributed by atoms with Crippen molar-refractivity contribution in [2.45, 2.75) is 50.9 Å². The molecule has 0 aromatic carbocycles. The van der Waals surface area contributed by atoms with Gasteiger partial charge in [0.1, 0.15) is 0 Å². The monoisotopic (exact) mass is 336 g/mol. The first-order valence-corrected chi connectivity index (χ1v) is 9.04. The van der Waals surface area contributed by atoms with Crippen molar-refractivity contribution >= 4 is 6.03 Å². The van der Waals surface area contributed by atoms with Crippen molar-refractivity contribution in [3.63, 3.8) is 0 Å². The summed E-state index contributed by atoms with van der Waals surface area (Å²) in [5.41, 5.74) is 0. The van der Waals surface area contributed by atoms with Crippen LogP contribution >= 0.6 is 0 Å². The van der Waals surface area contributed by atoms with Crippen molar-refractivity contribution < 1.29 is 14.3 Å². The van der Waals surface area contributed by atoms with Gasteiger partial charge >= 0.3 is 6.03 Å². The Balaban J connectivity index is 1.43. The smallest absolute Gasteiger partial charge is 0.317 e. The maximum Gasteiger partial charge on any atom is 0.317 e. The number of urea groups is 1. The largest absolute Gasteiger partial charge is 0.376 e. The van der Waals surface area contributed by atoms with Crippen molar-refractivity contribution in [3.8, 4) is 0 Å². The zero-order chi connectivity index (χ0) is 16.6. The van der Waals surface area contributed by atoms with E-state index in [0.29, 0.717) is 19.6 Å². The molecule has 3 heterocycles. The fourth-order valence-corrected chi connectivity index (χ4v) is 3.29. The number of rotatable bonds is 8. The second-order valence-corrected chi connectivity index (χ2v) is 6.53. The second kappa shape index (κ2) is 9.03. The molecule has 0 aliphatic carbocycles. The predicted molar refractivity (Wildman–Crippen MR) is 89.8 cm³/mol. The molecule has 1 aromatic rings. The number of amides is 2. The van der Waals surface area contributed by atoms with E-state index in [1.54, 1.807) is 6.20 Å². The normalized spacial score (nSPS) is 23.5. The minimum Gasteiger partial charge on any atom is -0.376 e. The summed E-state index contributed by atoms with van der Waals surface area (Å²) in [6.07, 6.45) is 9.15. The van der Waals surface area contributed by atoms with Gasteiger partial charge in [0.05, 0.1) is 12.2 Å². The molecule has 3 rings (SSSR count). The molecule has 0 spiro atoms. The summed E-state index contributed by atoms with van der Waals surface area (Å²) >= 11 is 0. The molecule has 134 valence electrons. The molecule has 7 nitrogen and oxygen atoms in total. The standard InChI is InChI=1S/C17H28N4O3/c22-17(18-7-3-9-21-10-4-8-19-21)20(13-15-5-1-11-23-15)14-16-6-2-12-24-16/h4,8,10,15-16H,1-3,5-7,9,11-14H2,(H,18,22). The van der Waals surface area contributed by atoms with Crippen molar-refractivity contribution in [2.24, 2.45) is 0 Å². The number of carbonyl (C=O) groups excluding carboxylic acids is 1. The number of aryl methyl sites for hydroxylation is 1. The van der Waals surface area contributed by atoms with Gasteiger partial charge in [-0.05, 0) is 38.2 Å². The Bertz CT molecular complexity index is 464. The van der Waals surface area contributed by atoms with Gasteiger partial charge in [-0.1, -0.05) is 0 Å². The minimum atomic E-state index is -0.0125. The van der Waals surface area contributed by atoms with Crippen molar-refractivity contribution in [1.29, 1.82) is 0 Å². The number of carbonyl (C=O) groups is 1. The minimum absolute atomic E-state index is 0.0125. The van der Waals surface area contributed by atoms with Crippen LogP contribution in [-0.2, 0) is 16.0 Å². The Kier molecular flexibility index (Phi) is 6.48. The number of ether oxygens (including phenoxy) is 2. The van der Waals surface area contributed by atoms with Crippen LogP contribution in [0.3, 0.4) is 0 Å². The van der Waals surface area contributed by atoms with Crippen molar-refractivity contribution in [1.82, 2.24) is 20.0 Å². The van der Waals surface area contributed by atoms with Gasteiger partial charge in [0.25, 0.3) is 0 Å². The third-order valence-electron chi connectivity index (χ3n) is 4.58. The van der Waals surface area contributed by atoms with E-state index >= 15 is 0 Å². The summed E-state index contributed by atoms with van der Waals surface area (Å²) in [6, 6.07) is 1.89. The van der Waals surface area contributed by atoms with Crippen LogP contribution in [0.4, 0.5) is 4.79 Å². The molecule has 0 bridgehead atoms. The van der Waals surface area contributed by atoms with E-state index in [2.05, 4.69) is 10.4 Å². The maximum absolute atomic E-state index is 12.6. The molecule has 0 radical (unpaired) electrons. The Hall–Kier alpha value is -1.60. The summed E-state index contributed by atoms with van der Waals surface area (Å²) in [5.74, 6) is 0. The summed E-state index contributed by atoms with van der Waals surface area (Å²) in [6.45, 7) is 4.39. The first kappa shape index (κ1) is 17.2. The summed E-state index contributed by atoms with van der Waals surface area (Å²) in [5, 5.41) is 7.19. The number of hydrogen-bond donors (Lipinski definition) is 1. The molecule has 24 heavy (non-hydrogen) atoms. The lowest BCUT2D eigenvalue weighted by molar-refractivity contribution is 0.0499. The quantitative estimate of drug-likeness (QED) is 0.733. The lowest BCUT2D eigenvalue weighted by Gasteiger charge is -2.28. The highest BCUT2D eigenvalue weighted by Crippen LogP contribution is 2.17. The van der Waals surface area contributed by atoms with Crippen LogP contribution in [0, 0.1) is 0 Å². The lowest BCUT2D eigenvalue weighted by Crippen LogP contribution is -2.47. The fourth-order valence-electron chi connectivity index (χ4n) is 3.29. The van der Waals surface area contributed by atoms with Crippen LogP contribution < -0.4 is 5.32 Å². The van der Waals surface area contributed by atoms with Gasteiger partial charge in [0.2, 0.25) is 0 Å². The molecule has 1 N–H and O–H groups in total. The second-order valence-electron chi connectivity index (χ2n) is 6.53. The molecule has 0 saturated carbocycles. The number of nitrogens with zero attached hydrogens (tertiary/aromatic N) is 3. The Labute approximate surface area is 143 Å². The van der Waals surface area contributed by atoms with Gasteiger partial charge in [-0.2, -0.15) is 5.10 Å². The van der Waals surface area contributed by atoms with Crippen LogP contribution in [0.15, 0.2) is 18.5 Å². The zero-order valence-electron chi connectivity index (χ0n) is 14.2. The Morgan fingerprint density at radius 2 is 1.92 bits per heavy atom. The first-order chi connectivity index (χ1) is 11.8. The summed E-state index contributed by atoms with van der Waals surface area (Å²) < 4.78 is 13.3. The topological polar surface area (TPSA) is 68.6 Å². The number of hydrogen-bond acceptors (Lipinski definition) is 4. The van der Waals surface area contributed by atoms with Gasteiger partial charge < -0.3 is 19.7 Å². The summed E-state index contributed by atoms with van der Waals surface area (Å²) in [4.78, 5) is 14.4. The zero-order valence-corrected chi connectivity index (χ0v) is 14.2. The molecule has 7 heteroatoms. The SMILES string of the molecule is O=C(NCCCn1cccn1)N(CC1CCCO1)CC1CCCO1. The van der Waals surface area contributed by atoms with Gasteiger partial charge in [0, 0.05) is 51.8 Å². The number of aromatic nitrogens is 2. The third kappa shape index (κ3) is 5.21. The van der Waals surface area contributed by atoms with E-state index in [1.807, 2.05) is 21.8 Å². The fraction of sp³-hybridized carbons (Fsp3) is 0.765. The van der Waals surface area contributed by atoms with Gasteiger partial charge in [-0.3, -0.25) is 4.68 Å². The van der Waals surface area contributed by atoms with Crippen molar-refractivity contribution in [2.75, 3.05) is 32.8 Å².